The van der Waals surface area contributed by atoms with E-state index < -0.39 is 0 Å². The minimum Gasteiger partial charge on any atom is -0.302 e. The zero-order valence-electron chi connectivity index (χ0n) is 15.5. The molecule has 0 radical (unpaired) electrons. The van der Waals surface area contributed by atoms with E-state index in [0.29, 0.717) is 0 Å². The van der Waals surface area contributed by atoms with Gasteiger partial charge in [-0.15, -0.1) is 0 Å². The van der Waals surface area contributed by atoms with Crippen molar-refractivity contribution < 1.29 is 4.79 Å². The van der Waals surface area contributed by atoms with E-state index in [1.165, 1.54) is 17.4 Å². The average Bonchev–Trinajstić information content (AvgIpc) is 2.77. The first kappa shape index (κ1) is 17.7. The lowest BCUT2D eigenvalue weighted by atomic mass is 9.73. The van der Waals surface area contributed by atoms with E-state index in [-0.39, 0.29) is 11.5 Å². The predicted octanol–water partition coefficient (Wildman–Crippen LogP) is 5.01. The number of hydrogen-bond donors (Lipinski definition) is 0. The lowest BCUT2D eigenvalue weighted by Gasteiger charge is -2.42. The maximum Gasteiger partial charge on any atom is 0.130 e. The van der Waals surface area contributed by atoms with Crippen LogP contribution < -0.4 is 0 Å². The van der Waals surface area contributed by atoms with E-state index >= 15 is 0 Å². The predicted molar refractivity (Wildman–Crippen MR) is 110 cm³/mol. The van der Waals surface area contributed by atoms with Gasteiger partial charge in [-0.25, -0.2) is 0 Å². The quantitative estimate of drug-likeness (QED) is 0.600. The summed E-state index contributed by atoms with van der Waals surface area (Å²) in [7, 11) is 0. The third kappa shape index (κ3) is 3.58. The largest absolute Gasteiger partial charge is 0.302 e. The third-order valence-electron chi connectivity index (χ3n) is 5.86. The first-order valence-electron chi connectivity index (χ1n) is 9.68. The van der Waals surface area contributed by atoms with Crippen LogP contribution >= 0.6 is 0 Å². The topological polar surface area (TPSA) is 20.3 Å². The number of benzene rings is 3. The summed E-state index contributed by atoms with van der Waals surface area (Å²) in [6.07, 6.45) is 2.90. The standard InChI is InChI=1S/C25H25NO/c27-20-25(23-14-8-3-9-15-23)16-18-26(19-17-25)24(21-10-4-1-5-11-21)22-12-6-2-7-13-22/h1-15,20,24H,16-19H2. The molecule has 0 N–H and O–H groups in total. The molecule has 0 unspecified atom stereocenters. The zero-order valence-corrected chi connectivity index (χ0v) is 15.5. The molecule has 0 amide bonds. The number of aldehydes is 1. The minimum atomic E-state index is -0.352. The molecule has 1 saturated heterocycles. The summed E-state index contributed by atoms with van der Waals surface area (Å²) in [5, 5.41) is 0. The van der Waals surface area contributed by atoms with Crippen LogP contribution in [0.3, 0.4) is 0 Å². The van der Waals surface area contributed by atoms with Crippen molar-refractivity contribution in [1.29, 1.82) is 0 Å². The van der Waals surface area contributed by atoms with Crippen LogP contribution in [-0.4, -0.2) is 24.3 Å². The second-order valence-electron chi connectivity index (χ2n) is 7.40. The van der Waals surface area contributed by atoms with Gasteiger partial charge in [0.1, 0.15) is 6.29 Å². The Balaban J connectivity index is 1.62. The SMILES string of the molecule is O=CC1(c2ccccc2)CCN(C(c2ccccc2)c2ccccc2)CC1. The number of carbonyl (C=O) groups excluding carboxylic acids is 1. The van der Waals surface area contributed by atoms with E-state index in [2.05, 4.69) is 77.7 Å². The van der Waals surface area contributed by atoms with E-state index in [1.54, 1.807) is 0 Å². The molecule has 0 spiro atoms. The maximum atomic E-state index is 12.1. The van der Waals surface area contributed by atoms with Gasteiger partial charge in [0.15, 0.2) is 0 Å². The molecule has 2 nitrogen and oxygen atoms in total. The Labute approximate surface area is 161 Å². The number of rotatable bonds is 5. The van der Waals surface area contributed by atoms with Gasteiger partial charge in [-0.3, -0.25) is 4.90 Å². The van der Waals surface area contributed by atoms with Gasteiger partial charge in [0.2, 0.25) is 0 Å². The summed E-state index contributed by atoms with van der Waals surface area (Å²) in [6.45, 7) is 1.81. The Morgan fingerprint density at radius 2 is 1.15 bits per heavy atom. The molecule has 3 aromatic carbocycles. The molecule has 4 rings (SSSR count). The highest BCUT2D eigenvalue weighted by molar-refractivity contribution is 5.69. The number of piperidine rings is 1. The molecule has 3 aromatic rings. The molecular formula is C25H25NO. The molecule has 0 saturated carbocycles. The fraction of sp³-hybridized carbons (Fsp3) is 0.240. The molecule has 2 heteroatoms. The van der Waals surface area contributed by atoms with Crippen molar-refractivity contribution in [2.75, 3.05) is 13.1 Å². The lowest BCUT2D eigenvalue weighted by molar-refractivity contribution is -0.114. The van der Waals surface area contributed by atoms with Gasteiger partial charge in [-0.1, -0.05) is 91.0 Å². The van der Waals surface area contributed by atoms with Gasteiger partial charge in [0.05, 0.1) is 11.5 Å². The highest BCUT2D eigenvalue weighted by Gasteiger charge is 2.38. The van der Waals surface area contributed by atoms with Crippen molar-refractivity contribution in [2.24, 2.45) is 0 Å². The van der Waals surface area contributed by atoms with Crippen LogP contribution in [0.5, 0.6) is 0 Å². The van der Waals surface area contributed by atoms with Gasteiger partial charge in [-0.05, 0) is 29.5 Å². The van der Waals surface area contributed by atoms with Crippen LogP contribution in [0.1, 0.15) is 35.6 Å². The van der Waals surface area contributed by atoms with Crippen molar-refractivity contribution in [3.8, 4) is 0 Å². The van der Waals surface area contributed by atoms with E-state index in [9.17, 15) is 4.79 Å². The van der Waals surface area contributed by atoms with E-state index in [0.717, 1.165) is 31.5 Å². The molecule has 1 fully saturated rings. The molecule has 0 bridgehead atoms. The second kappa shape index (κ2) is 7.89. The summed E-state index contributed by atoms with van der Waals surface area (Å²) in [6, 6.07) is 31.9. The molecule has 0 aliphatic carbocycles. The Morgan fingerprint density at radius 3 is 1.59 bits per heavy atom. The maximum absolute atomic E-state index is 12.1. The number of hydrogen-bond acceptors (Lipinski definition) is 2. The van der Waals surface area contributed by atoms with Gasteiger partial charge in [0, 0.05) is 13.1 Å². The summed E-state index contributed by atoms with van der Waals surface area (Å²) in [5.41, 5.74) is 3.41. The highest BCUT2D eigenvalue weighted by Crippen LogP contribution is 2.38. The third-order valence-corrected chi connectivity index (χ3v) is 5.86. The van der Waals surface area contributed by atoms with Crippen LogP contribution in [0, 0.1) is 0 Å². The van der Waals surface area contributed by atoms with Crippen LogP contribution in [0.4, 0.5) is 0 Å². The van der Waals surface area contributed by atoms with Crippen LogP contribution in [0.15, 0.2) is 91.0 Å². The average molecular weight is 355 g/mol. The number of nitrogens with zero attached hydrogens (tertiary/aromatic N) is 1. The first-order valence-corrected chi connectivity index (χ1v) is 9.68. The summed E-state index contributed by atoms with van der Waals surface area (Å²) < 4.78 is 0. The van der Waals surface area contributed by atoms with E-state index in [1.807, 2.05) is 18.2 Å². The molecule has 1 aliphatic heterocycles. The fourth-order valence-electron chi connectivity index (χ4n) is 4.31. The van der Waals surface area contributed by atoms with Gasteiger partial charge >= 0.3 is 0 Å². The summed E-state index contributed by atoms with van der Waals surface area (Å²) in [4.78, 5) is 14.6. The van der Waals surface area contributed by atoms with Crippen LogP contribution in [0.2, 0.25) is 0 Å². The molecule has 1 heterocycles. The number of carbonyl (C=O) groups is 1. The molecular weight excluding hydrogens is 330 g/mol. The van der Waals surface area contributed by atoms with Gasteiger partial charge < -0.3 is 4.79 Å². The Kier molecular flexibility index (Phi) is 5.17. The van der Waals surface area contributed by atoms with E-state index in [4.69, 9.17) is 0 Å². The molecule has 0 aromatic heterocycles. The van der Waals surface area contributed by atoms with Crippen molar-refractivity contribution in [3.05, 3.63) is 108 Å². The van der Waals surface area contributed by atoms with Crippen molar-refractivity contribution in [2.45, 2.75) is 24.3 Å². The normalized spacial score (nSPS) is 16.9. The second-order valence-corrected chi connectivity index (χ2v) is 7.40. The number of likely N-dealkylation sites (tertiary alicyclic amines) is 1. The van der Waals surface area contributed by atoms with Gasteiger partial charge in [-0.2, -0.15) is 0 Å². The minimum absolute atomic E-state index is 0.229. The molecule has 1 aliphatic rings. The van der Waals surface area contributed by atoms with Crippen molar-refractivity contribution in [1.82, 2.24) is 4.90 Å². The van der Waals surface area contributed by atoms with Crippen molar-refractivity contribution >= 4 is 6.29 Å². The van der Waals surface area contributed by atoms with Crippen molar-refractivity contribution in [3.63, 3.8) is 0 Å². The van der Waals surface area contributed by atoms with Gasteiger partial charge in [0.25, 0.3) is 0 Å². The summed E-state index contributed by atoms with van der Waals surface area (Å²) in [5.74, 6) is 0. The molecule has 27 heavy (non-hydrogen) atoms. The zero-order chi connectivity index (χ0) is 18.5. The summed E-state index contributed by atoms with van der Waals surface area (Å²) >= 11 is 0. The molecule has 0 atom stereocenters. The molecule has 136 valence electrons. The highest BCUT2D eigenvalue weighted by atomic mass is 16.1. The first-order chi connectivity index (χ1) is 13.3. The van der Waals surface area contributed by atoms with Crippen LogP contribution in [0.25, 0.3) is 0 Å². The smallest absolute Gasteiger partial charge is 0.130 e. The Hall–Kier alpha value is -2.71. The monoisotopic (exact) mass is 355 g/mol. The Morgan fingerprint density at radius 1 is 0.704 bits per heavy atom. The fourth-order valence-corrected chi connectivity index (χ4v) is 4.31. The Bertz CT molecular complexity index is 813. The van der Waals surface area contributed by atoms with Crippen LogP contribution in [-0.2, 0) is 10.2 Å². The lowest BCUT2D eigenvalue weighted by Crippen LogP contribution is -2.45.